The molecule has 1 heterocycles. The molecule has 1 aromatic heterocycles. The molecule has 0 saturated carbocycles. The minimum Gasteiger partial charge on any atom is -0.351 e. The highest BCUT2D eigenvalue weighted by molar-refractivity contribution is 6.30. The van der Waals surface area contributed by atoms with Crippen molar-refractivity contribution >= 4 is 29.0 Å². The molecule has 0 bridgehead atoms. The smallest absolute Gasteiger partial charge is 0.271 e. The molecule has 6 nitrogen and oxygen atoms in total. The van der Waals surface area contributed by atoms with Crippen LogP contribution in [0.5, 0.6) is 0 Å². The molecule has 24 heavy (non-hydrogen) atoms. The van der Waals surface area contributed by atoms with Crippen LogP contribution >= 0.6 is 11.6 Å². The van der Waals surface area contributed by atoms with E-state index in [-0.39, 0.29) is 5.91 Å². The van der Waals surface area contributed by atoms with Gasteiger partial charge in [0, 0.05) is 17.3 Å². The van der Waals surface area contributed by atoms with Gasteiger partial charge in [-0.05, 0) is 51.7 Å². The Hall–Kier alpha value is -2.18. The number of nitrogens with one attached hydrogen (secondary N) is 2. The lowest BCUT2D eigenvalue weighted by Crippen LogP contribution is -2.27. The van der Waals surface area contributed by atoms with E-state index in [0.717, 1.165) is 24.2 Å². The number of halogens is 1. The van der Waals surface area contributed by atoms with E-state index < -0.39 is 0 Å². The lowest BCUT2D eigenvalue weighted by Gasteiger charge is -2.10. The van der Waals surface area contributed by atoms with Crippen LogP contribution in [0.25, 0.3) is 0 Å². The van der Waals surface area contributed by atoms with Crippen molar-refractivity contribution in [3.05, 3.63) is 46.9 Å². The fourth-order valence-corrected chi connectivity index (χ4v) is 2.24. The van der Waals surface area contributed by atoms with Crippen molar-refractivity contribution < 1.29 is 4.79 Å². The molecule has 1 aromatic carbocycles. The van der Waals surface area contributed by atoms with Crippen LogP contribution in [0.15, 0.2) is 30.6 Å². The summed E-state index contributed by atoms with van der Waals surface area (Å²) in [6, 6.07) is 5.58. The quantitative estimate of drug-likeness (QED) is 0.754. The average molecular weight is 348 g/mol. The maximum atomic E-state index is 12.0. The average Bonchev–Trinajstić information content (AvgIpc) is 2.55. The molecule has 0 unspecified atom stereocenters. The van der Waals surface area contributed by atoms with Gasteiger partial charge in [0.25, 0.3) is 5.91 Å². The van der Waals surface area contributed by atoms with Gasteiger partial charge >= 0.3 is 0 Å². The van der Waals surface area contributed by atoms with E-state index >= 15 is 0 Å². The molecule has 2 rings (SSSR count). The number of rotatable bonds is 7. The van der Waals surface area contributed by atoms with Crippen molar-refractivity contribution in [2.45, 2.75) is 13.3 Å². The van der Waals surface area contributed by atoms with Crippen molar-refractivity contribution in [2.75, 3.05) is 32.5 Å². The molecule has 0 aliphatic carbocycles. The monoisotopic (exact) mass is 347 g/mol. The Morgan fingerprint density at radius 3 is 2.71 bits per heavy atom. The minimum absolute atomic E-state index is 0.216. The largest absolute Gasteiger partial charge is 0.351 e. The van der Waals surface area contributed by atoms with E-state index in [1.165, 1.54) is 12.4 Å². The molecule has 2 N–H and O–H groups in total. The van der Waals surface area contributed by atoms with E-state index in [2.05, 4.69) is 25.5 Å². The molecule has 7 heteroatoms. The summed E-state index contributed by atoms with van der Waals surface area (Å²) in [7, 11) is 4.00. The molecule has 128 valence electrons. The standard InChI is InChI=1S/C17H22ClN5O/c1-12-5-6-13(18)9-14(12)22-16-11-20-15(10-21-16)17(24)19-7-4-8-23(2)3/h5-6,9-11H,4,7-8H2,1-3H3,(H,19,24)(H,21,22). The highest BCUT2D eigenvalue weighted by atomic mass is 35.5. The summed E-state index contributed by atoms with van der Waals surface area (Å²) in [4.78, 5) is 22.5. The van der Waals surface area contributed by atoms with Crippen LogP contribution in [0.1, 0.15) is 22.5 Å². The predicted molar refractivity (Wildman–Crippen MR) is 97.0 cm³/mol. The van der Waals surface area contributed by atoms with Gasteiger partial charge in [-0.2, -0.15) is 0 Å². The molecule has 1 amide bonds. The molecule has 0 atom stereocenters. The van der Waals surface area contributed by atoms with Crippen LogP contribution in [0.3, 0.4) is 0 Å². The lowest BCUT2D eigenvalue weighted by molar-refractivity contribution is 0.0947. The third-order valence-electron chi connectivity index (χ3n) is 3.41. The summed E-state index contributed by atoms with van der Waals surface area (Å²) in [5, 5.41) is 6.63. The Labute approximate surface area is 147 Å². The van der Waals surface area contributed by atoms with Gasteiger partial charge in [0.2, 0.25) is 0 Å². The van der Waals surface area contributed by atoms with Crippen molar-refractivity contribution in [2.24, 2.45) is 0 Å². The normalized spacial score (nSPS) is 10.7. The van der Waals surface area contributed by atoms with Crippen LogP contribution in [0.4, 0.5) is 11.5 Å². The van der Waals surface area contributed by atoms with Gasteiger partial charge in [-0.1, -0.05) is 17.7 Å². The summed E-state index contributed by atoms with van der Waals surface area (Å²) in [6.45, 7) is 3.51. The van der Waals surface area contributed by atoms with Gasteiger partial charge in [-0.25, -0.2) is 9.97 Å². The van der Waals surface area contributed by atoms with Crippen LogP contribution in [0, 0.1) is 6.92 Å². The van der Waals surface area contributed by atoms with Crippen molar-refractivity contribution in [3.63, 3.8) is 0 Å². The zero-order chi connectivity index (χ0) is 17.5. The zero-order valence-corrected chi connectivity index (χ0v) is 14.9. The van der Waals surface area contributed by atoms with E-state index in [1.54, 1.807) is 0 Å². The number of benzene rings is 1. The van der Waals surface area contributed by atoms with E-state index in [9.17, 15) is 4.79 Å². The van der Waals surface area contributed by atoms with Gasteiger partial charge in [-0.3, -0.25) is 4.79 Å². The summed E-state index contributed by atoms with van der Waals surface area (Å²) in [6.07, 6.45) is 3.89. The first-order valence-electron chi connectivity index (χ1n) is 7.74. The number of aromatic nitrogens is 2. The highest BCUT2D eigenvalue weighted by Gasteiger charge is 2.08. The van der Waals surface area contributed by atoms with Crippen molar-refractivity contribution in [1.82, 2.24) is 20.2 Å². The molecular weight excluding hydrogens is 326 g/mol. The Morgan fingerprint density at radius 1 is 1.25 bits per heavy atom. The summed E-state index contributed by atoms with van der Waals surface area (Å²) >= 11 is 6.00. The number of carbonyl (C=O) groups excluding carboxylic acids is 1. The summed E-state index contributed by atoms with van der Waals surface area (Å²) in [5.74, 6) is 0.344. The highest BCUT2D eigenvalue weighted by Crippen LogP contribution is 2.22. The number of nitrogens with zero attached hydrogens (tertiary/aromatic N) is 3. The fraction of sp³-hybridized carbons (Fsp3) is 0.353. The topological polar surface area (TPSA) is 70.2 Å². The molecule has 0 spiro atoms. The van der Waals surface area contributed by atoms with E-state index in [0.29, 0.717) is 23.1 Å². The Kier molecular flexibility index (Phi) is 6.52. The first-order chi connectivity index (χ1) is 11.5. The maximum absolute atomic E-state index is 12.0. The van der Waals surface area contributed by atoms with Crippen LogP contribution in [0.2, 0.25) is 5.02 Å². The Bertz CT molecular complexity index is 688. The predicted octanol–water partition coefficient (Wildman–Crippen LogP) is 2.86. The van der Waals surface area contributed by atoms with Gasteiger partial charge in [0.05, 0.1) is 12.4 Å². The third-order valence-corrected chi connectivity index (χ3v) is 3.65. The minimum atomic E-state index is -0.216. The Balaban J connectivity index is 1.92. The molecular formula is C17H22ClN5O. The Morgan fingerprint density at radius 2 is 2.04 bits per heavy atom. The first kappa shape index (κ1) is 18.2. The van der Waals surface area contributed by atoms with Crippen LogP contribution in [-0.4, -0.2) is 48.0 Å². The third kappa shape index (κ3) is 5.47. The number of amides is 1. The van der Waals surface area contributed by atoms with Crippen LogP contribution in [-0.2, 0) is 0 Å². The second-order valence-electron chi connectivity index (χ2n) is 5.78. The molecule has 0 saturated heterocycles. The lowest BCUT2D eigenvalue weighted by atomic mass is 10.2. The van der Waals surface area contributed by atoms with Crippen molar-refractivity contribution in [1.29, 1.82) is 0 Å². The SMILES string of the molecule is Cc1ccc(Cl)cc1Nc1cnc(C(=O)NCCCN(C)C)cn1. The van der Waals surface area contributed by atoms with Gasteiger partial charge in [-0.15, -0.1) is 0 Å². The molecule has 0 aliphatic heterocycles. The van der Waals surface area contributed by atoms with Crippen LogP contribution < -0.4 is 10.6 Å². The first-order valence-corrected chi connectivity index (χ1v) is 8.11. The number of carbonyl (C=O) groups is 1. The number of hydrogen-bond acceptors (Lipinski definition) is 5. The summed E-state index contributed by atoms with van der Waals surface area (Å²) < 4.78 is 0. The summed E-state index contributed by atoms with van der Waals surface area (Å²) in [5.41, 5.74) is 2.20. The maximum Gasteiger partial charge on any atom is 0.271 e. The molecule has 2 aromatic rings. The van der Waals surface area contributed by atoms with Gasteiger partial charge in [0.1, 0.15) is 11.5 Å². The van der Waals surface area contributed by atoms with E-state index in [4.69, 9.17) is 11.6 Å². The van der Waals surface area contributed by atoms with Crippen molar-refractivity contribution in [3.8, 4) is 0 Å². The number of anilines is 2. The molecule has 0 aliphatic rings. The van der Waals surface area contributed by atoms with Gasteiger partial charge in [0.15, 0.2) is 0 Å². The second kappa shape index (κ2) is 8.61. The number of aryl methyl sites for hydroxylation is 1. The fourth-order valence-electron chi connectivity index (χ4n) is 2.06. The second-order valence-corrected chi connectivity index (χ2v) is 6.22. The molecule has 0 radical (unpaired) electrons. The molecule has 0 fully saturated rings. The van der Waals surface area contributed by atoms with E-state index in [1.807, 2.05) is 39.2 Å². The van der Waals surface area contributed by atoms with Gasteiger partial charge < -0.3 is 15.5 Å². The zero-order valence-electron chi connectivity index (χ0n) is 14.1. The number of hydrogen-bond donors (Lipinski definition) is 2.